The van der Waals surface area contributed by atoms with Crippen LogP contribution >= 0.6 is 0 Å². The summed E-state index contributed by atoms with van der Waals surface area (Å²) in [4.78, 5) is 0. The minimum Gasteiger partial charge on any atom is -0.494 e. The molecule has 0 aromatic carbocycles. The number of hydrogen-bond donors (Lipinski definition) is 2. The van der Waals surface area contributed by atoms with Gasteiger partial charge in [0, 0.05) is 29.5 Å². The van der Waals surface area contributed by atoms with E-state index in [0.717, 1.165) is 11.1 Å². The normalized spacial score (nSPS) is 37.5. The second-order valence-corrected chi connectivity index (χ2v) is 6.31. The minimum absolute atomic E-state index is 0.208. The van der Waals surface area contributed by atoms with Crippen LogP contribution in [0.25, 0.3) is 0 Å². The average molecular weight is 261 g/mol. The van der Waals surface area contributed by atoms with Gasteiger partial charge < -0.3 is 14.9 Å². The largest absolute Gasteiger partial charge is 0.494 e. The summed E-state index contributed by atoms with van der Waals surface area (Å²) in [6.07, 6.45) is 2.21. The first-order valence-electron chi connectivity index (χ1n) is 6.98. The minimum atomic E-state index is 0.208. The van der Waals surface area contributed by atoms with Gasteiger partial charge in [-0.2, -0.15) is 0 Å². The van der Waals surface area contributed by atoms with Crippen molar-refractivity contribution in [2.24, 2.45) is 11.8 Å². The first-order chi connectivity index (χ1) is 9.07. The maximum absolute atomic E-state index is 10.4. The standard InChI is InChI=1S/C15H19NO3/c1-4-5-16-14(17)10-8-7(6(2)3)9(11(10)15(16)18)13-12(8)19-13/h4,6-9,12-13,17-18H,1,5H2,2-3H3. The molecule has 0 spiro atoms. The summed E-state index contributed by atoms with van der Waals surface area (Å²) < 4.78 is 7.27. The number of rotatable bonds is 3. The van der Waals surface area contributed by atoms with Crippen LogP contribution in [0.15, 0.2) is 12.7 Å². The second kappa shape index (κ2) is 3.37. The molecule has 2 fully saturated rings. The van der Waals surface area contributed by atoms with Crippen LogP contribution in [0, 0.1) is 11.8 Å². The molecule has 0 radical (unpaired) electrons. The molecule has 2 aliphatic carbocycles. The van der Waals surface area contributed by atoms with Crippen molar-refractivity contribution in [1.29, 1.82) is 0 Å². The van der Waals surface area contributed by atoms with Crippen LogP contribution in [0.1, 0.15) is 36.8 Å². The molecule has 0 amide bonds. The van der Waals surface area contributed by atoms with Crippen LogP contribution in [0.2, 0.25) is 0 Å². The SMILES string of the molecule is C=CCn1c(O)c2c(c1O)C1C3OC3C2C1C(C)C. The fourth-order valence-electron chi connectivity index (χ4n) is 4.51. The third-order valence-corrected chi connectivity index (χ3v) is 5.13. The van der Waals surface area contributed by atoms with E-state index in [1.807, 2.05) is 0 Å². The summed E-state index contributed by atoms with van der Waals surface area (Å²) in [7, 11) is 0. The lowest BCUT2D eigenvalue weighted by atomic mass is 9.83. The van der Waals surface area contributed by atoms with Gasteiger partial charge in [0.1, 0.15) is 0 Å². The molecule has 1 aromatic heterocycles. The first kappa shape index (κ1) is 11.4. The smallest absolute Gasteiger partial charge is 0.198 e. The third kappa shape index (κ3) is 1.14. The maximum atomic E-state index is 10.4. The quantitative estimate of drug-likeness (QED) is 0.648. The molecule has 4 unspecified atom stereocenters. The highest BCUT2D eigenvalue weighted by atomic mass is 16.6. The van der Waals surface area contributed by atoms with Crippen LogP contribution < -0.4 is 0 Å². The molecule has 2 bridgehead atoms. The Morgan fingerprint density at radius 3 is 2.16 bits per heavy atom. The first-order valence-corrected chi connectivity index (χ1v) is 6.98. The Labute approximate surface area is 112 Å². The van der Waals surface area contributed by atoms with E-state index in [-0.39, 0.29) is 35.8 Å². The fraction of sp³-hybridized carbons (Fsp3) is 0.600. The Morgan fingerprint density at radius 2 is 1.74 bits per heavy atom. The van der Waals surface area contributed by atoms with Crippen LogP contribution in [0.4, 0.5) is 0 Å². The van der Waals surface area contributed by atoms with E-state index < -0.39 is 0 Å². The number of allylic oxidation sites excluding steroid dienone is 1. The molecular formula is C15H19NO3. The van der Waals surface area contributed by atoms with Crippen molar-refractivity contribution in [3.63, 3.8) is 0 Å². The number of hydrogen-bond acceptors (Lipinski definition) is 3. The molecule has 19 heavy (non-hydrogen) atoms. The molecule has 4 atom stereocenters. The Morgan fingerprint density at radius 1 is 1.21 bits per heavy atom. The van der Waals surface area contributed by atoms with Crippen LogP contribution in [0.3, 0.4) is 0 Å². The lowest BCUT2D eigenvalue weighted by molar-refractivity contribution is 0.197. The molecular weight excluding hydrogens is 242 g/mol. The molecule has 1 aromatic rings. The van der Waals surface area contributed by atoms with Crippen molar-refractivity contribution in [3.05, 3.63) is 23.8 Å². The fourth-order valence-corrected chi connectivity index (χ4v) is 4.51. The Hall–Kier alpha value is -1.42. The molecule has 1 saturated carbocycles. The van der Waals surface area contributed by atoms with E-state index in [2.05, 4.69) is 20.4 Å². The number of nitrogens with zero attached hydrogens (tertiary/aromatic N) is 1. The van der Waals surface area contributed by atoms with Gasteiger partial charge in [0.25, 0.3) is 0 Å². The zero-order valence-corrected chi connectivity index (χ0v) is 11.2. The molecule has 4 heteroatoms. The second-order valence-electron chi connectivity index (χ2n) is 6.31. The van der Waals surface area contributed by atoms with E-state index in [4.69, 9.17) is 4.74 Å². The summed E-state index contributed by atoms with van der Waals surface area (Å²) in [5.74, 6) is 1.94. The van der Waals surface area contributed by atoms with Gasteiger partial charge in [-0.3, -0.25) is 4.57 Å². The van der Waals surface area contributed by atoms with Gasteiger partial charge in [0.05, 0.1) is 12.2 Å². The lowest BCUT2D eigenvalue weighted by Gasteiger charge is -2.24. The van der Waals surface area contributed by atoms with Crippen molar-refractivity contribution in [2.75, 3.05) is 0 Å². The van der Waals surface area contributed by atoms with Crippen LogP contribution in [-0.2, 0) is 11.3 Å². The topological polar surface area (TPSA) is 57.9 Å². The Kier molecular flexibility index (Phi) is 2.02. The van der Waals surface area contributed by atoms with Crippen molar-refractivity contribution in [3.8, 4) is 11.8 Å². The number of aromatic hydroxyl groups is 2. The molecule has 1 saturated heterocycles. The highest BCUT2D eigenvalue weighted by Gasteiger charge is 2.70. The third-order valence-electron chi connectivity index (χ3n) is 5.13. The van der Waals surface area contributed by atoms with Crippen LogP contribution in [0.5, 0.6) is 11.8 Å². The molecule has 4 nitrogen and oxygen atoms in total. The number of aromatic nitrogens is 1. The number of epoxide rings is 1. The van der Waals surface area contributed by atoms with Crippen molar-refractivity contribution >= 4 is 0 Å². The Bertz CT molecular complexity index is 535. The summed E-state index contributed by atoms with van der Waals surface area (Å²) in [5.41, 5.74) is 1.86. The monoisotopic (exact) mass is 261 g/mol. The highest BCUT2D eigenvalue weighted by Crippen LogP contribution is 2.71. The predicted molar refractivity (Wildman–Crippen MR) is 70.4 cm³/mol. The summed E-state index contributed by atoms with van der Waals surface area (Å²) in [6.45, 7) is 8.54. The summed E-state index contributed by atoms with van der Waals surface area (Å²) >= 11 is 0. The van der Waals surface area contributed by atoms with E-state index in [1.54, 1.807) is 10.6 Å². The molecule has 3 aliphatic rings. The van der Waals surface area contributed by atoms with Gasteiger partial charge in [-0.25, -0.2) is 0 Å². The predicted octanol–water partition coefficient (Wildman–Crippen LogP) is 2.32. The molecule has 2 N–H and O–H groups in total. The van der Waals surface area contributed by atoms with Gasteiger partial charge >= 0.3 is 0 Å². The zero-order chi connectivity index (χ0) is 13.5. The Balaban J connectivity index is 1.89. The van der Waals surface area contributed by atoms with Gasteiger partial charge in [-0.15, -0.1) is 6.58 Å². The van der Waals surface area contributed by atoms with Crippen molar-refractivity contribution < 1.29 is 14.9 Å². The maximum Gasteiger partial charge on any atom is 0.198 e. The van der Waals surface area contributed by atoms with Crippen molar-refractivity contribution in [1.82, 2.24) is 4.57 Å². The van der Waals surface area contributed by atoms with E-state index >= 15 is 0 Å². The highest BCUT2D eigenvalue weighted by molar-refractivity contribution is 5.59. The van der Waals surface area contributed by atoms with Gasteiger partial charge in [-0.05, 0) is 11.8 Å². The number of fused-ring (bicyclic) bond motifs is 8. The van der Waals surface area contributed by atoms with Gasteiger partial charge in [-0.1, -0.05) is 19.9 Å². The molecule has 4 rings (SSSR count). The lowest BCUT2D eigenvalue weighted by Crippen LogP contribution is -2.18. The molecule has 102 valence electrons. The van der Waals surface area contributed by atoms with E-state index in [0.29, 0.717) is 18.4 Å². The van der Waals surface area contributed by atoms with Gasteiger partial charge in [0.2, 0.25) is 0 Å². The molecule has 2 heterocycles. The van der Waals surface area contributed by atoms with Crippen molar-refractivity contribution in [2.45, 2.75) is 44.4 Å². The van der Waals surface area contributed by atoms with E-state index in [9.17, 15) is 10.2 Å². The van der Waals surface area contributed by atoms with E-state index in [1.165, 1.54) is 0 Å². The average Bonchev–Trinajstić information content (AvgIpc) is 2.94. The molecule has 1 aliphatic heterocycles. The summed E-state index contributed by atoms with van der Waals surface area (Å²) in [6, 6.07) is 0. The van der Waals surface area contributed by atoms with Crippen LogP contribution in [-0.4, -0.2) is 27.0 Å². The zero-order valence-electron chi connectivity index (χ0n) is 11.2. The summed E-state index contributed by atoms with van der Waals surface area (Å²) in [5, 5.41) is 20.8. The van der Waals surface area contributed by atoms with Gasteiger partial charge in [0.15, 0.2) is 11.8 Å². The number of ether oxygens (including phenoxy) is 1.